The Kier molecular flexibility index (Phi) is 10.1. The number of carboxylic acid groups (broad SMARTS) is 2. The van der Waals surface area contributed by atoms with Crippen molar-refractivity contribution in [3.8, 4) is 0 Å². The minimum absolute atomic E-state index is 0.0462. The van der Waals surface area contributed by atoms with E-state index in [0.29, 0.717) is 0 Å². The Morgan fingerprint density at radius 1 is 0.840 bits per heavy atom. The van der Waals surface area contributed by atoms with Gasteiger partial charge in [0, 0.05) is 14.2 Å². The molecular weight excluding hydrogens is 340 g/mol. The number of aliphatic carboxylic acids is 2. The first-order valence-electron chi connectivity index (χ1n) is 7.12. The van der Waals surface area contributed by atoms with Crippen molar-refractivity contribution in [2.24, 2.45) is 5.41 Å². The van der Waals surface area contributed by atoms with Gasteiger partial charge in [0.2, 0.25) is 0 Å². The lowest BCUT2D eigenvalue weighted by molar-refractivity contribution is -0.322. The first-order valence-corrected chi connectivity index (χ1v) is 7.12. The fourth-order valence-corrected chi connectivity index (χ4v) is 1.81. The molecule has 25 heavy (non-hydrogen) atoms. The first-order chi connectivity index (χ1) is 11.7. The summed E-state index contributed by atoms with van der Waals surface area (Å²) in [7, 11) is 2.71. The summed E-state index contributed by atoms with van der Waals surface area (Å²) in [6.45, 7) is 2.82. The van der Waals surface area contributed by atoms with Crippen molar-refractivity contribution in [3.63, 3.8) is 0 Å². The van der Waals surface area contributed by atoms with Gasteiger partial charge in [-0.1, -0.05) is 6.58 Å². The number of rotatable bonds is 13. The van der Waals surface area contributed by atoms with Crippen LogP contribution in [0, 0.1) is 5.41 Å². The molecule has 0 saturated carbocycles. The lowest BCUT2D eigenvalue weighted by atomic mass is 9.75. The average molecular weight is 360 g/mol. The van der Waals surface area contributed by atoms with Crippen LogP contribution < -0.4 is 10.2 Å². The highest BCUT2D eigenvalue weighted by atomic mass is 16.6. The van der Waals surface area contributed by atoms with Gasteiger partial charge >= 0.3 is 11.9 Å². The maximum absolute atomic E-state index is 11.8. The highest BCUT2D eigenvalue weighted by molar-refractivity contribution is 5.99. The zero-order chi connectivity index (χ0) is 19.5. The molecule has 0 saturated heterocycles. The van der Waals surface area contributed by atoms with Gasteiger partial charge < -0.3 is 38.7 Å². The summed E-state index contributed by atoms with van der Waals surface area (Å²) in [6.07, 6.45) is -1.99. The molecule has 0 N–H and O–H groups in total. The Balaban J connectivity index is 5.35. The molecule has 0 radical (unpaired) electrons. The number of carbonyl (C=O) groups is 4. The largest absolute Gasteiger partial charge is 0.549 e. The van der Waals surface area contributed by atoms with Crippen LogP contribution in [0.2, 0.25) is 0 Å². The fourth-order valence-electron chi connectivity index (χ4n) is 1.81. The third kappa shape index (κ3) is 7.31. The van der Waals surface area contributed by atoms with Crippen molar-refractivity contribution in [1.82, 2.24) is 0 Å². The third-order valence-corrected chi connectivity index (χ3v) is 3.21. The number of methoxy groups -OCH3 is 2. The molecular formula is C15H20O10-2. The van der Waals surface area contributed by atoms with Crippen molar-refractivity contribution >= 4 is 23.9 Å². The van der Waals surface area contributed by atoms with Gasteiger partial charge in [-0.25, -0.2) is 0 Å². The van der Waals surface area contributed by atoms with Crippen molar-refractivity contribution in [1.29, 1.82) is 0 Å². The molecule has 0 aromatic rings. The molecule has 0 heterocycles. The molecule has 0 fully saturated rings. The maximum atomic E-state index is 11.8. The quantitative estimate of drug-likeness (QED) is 0.191. The van der Waals surface area contributed by atoms with E-state index < -0.39 is 47.7 Å². The van der Waals surface area contributed by atoms with Crippen LogP contribution >= 0.6 is 0 Å². The predicted molar refractivity (Wildman–Crippen MR) is 76.5 cm³/mol. The van der Waals surface area contributed by atoms with Gasteiger partial charge in [-0.3, -0.25) is 9.59 Å². The molecule has 0 aromatic heterocycles. The average Bonchev–Trinajstić information content (AvgIpc) is 2.53. The summed E-state index contributed by atoms with van der Waals surface area (Å²) in [4.78, 5) is 46.3. The van der Waals surface area contributed by atoms with Gasteiger partial charge in [-0.05, 0) is 5.57 Å². The molecule has 0 amide bonds. The zero-order valence-electron chi connectivity index (χ0n) is 14.0. The molecule has 0 rings (SSSR count). The molecule has 142 valence electrons. The van der Waals surface area contributed by atoms with Crippen LogP contribution in [0.15, 0.2) is 12.2 Å². The summed E-state index contributed by atoms with van der Waals surface area (Å²) in [5, 5.41) is 22.7. The Morgan fingerprint density at radius 2 is 1.24 bits per heavy atom. The molecule has 0 spiro atoms. The van der Waals surface area contributed by atoms with Gasteiger partial charge in [-0.15, -0.1) is 0 Å². The van der Waals surface area contributed by atoms with Crippen LogP contribution in [0.5, 0.6) is 0 Å². The monoisotopic (exact) mass is 360 g/mol. The smallest absolute Gasteiger partial charge is 0.307 e. The Morgan fingerprint density at radius 3 is 1.52 bits per heavy atom. The lowest BCUT2D eigenvalue weighted by Gasteiger charge is -2.35. The van der Waals surface area contributed by atoms with Crippen LogP contribution in [-0.4, -0.2) is 64.5 Å². The highest BCUT2D eigenvalue weighted by Crippen LogP contribution is 2.35. The van der Waals surface area contributed by atoms with E-state index in [-0.39, 0.29) is 26.4 Å². The van der Waals surface area contributed by atoms with E-state index in [2.05, 4.69) is 16.1 Å². The maximum Gasteiger partial charge on any atom is 0.307 e. The van der Waals surface area contributed by atoms with Gasteiger partial charge in [-0.2, -0.15) is 0 Å². The van der Waals surface area contributed by atoms with Crippen molar-refractivity contribution in [3.05, 3.63) is 12.2 Å². The second-order valence-electron chi connectivity index (χ2n) is 4.92. The predicted octanol–water partition coefficient (Wildman–Crippen LogP) is -2.81. The van der Waals surface area contributed by atoms with E-state index in [0.717, 1.165) is 0 Å². The minimum Gasteiger partial charge on any atom is -0.549 e. The summed E-state index contributed by atoms with van der Waals surface area (Å²) in [6, 6.07) is 0. The number of carbonyl (C=O) groups excluding carboxylic acids is 4. The minimum atomic E-state index is -2.56. The number of hydrogen-bond acceptors (Lipinski definition) is 10. The van der Waals surface area contributed by atoms with Crippen LogP contribution in [-0.2, 0) is 38.1 Å². The second kappa shape index (κ2) is 11.2. The zero-order valence-corrected chi connectivity index (χ0v) is 14.0. The van der Waals surface area contributed by atoms with Crippen LogP contribution in [0.4, 0.5) is 0 Å². The molecule has 0 aliphatic rings. The Labute approximate surface area is 144 Å². The van der Waals surface area contributed by atoms with Crippen LogP contribution in [0.25, 0.3) is 0 Å². The second-order valence-corrected chi connectivity index (χ2v) is 4.92. The molecule has 0 atom stereocenters. The number of carboxylic acids is 2. The Hall–Kier alpha value is -2.46. The van der Waals surface area contributed by atoms with Crippen molar-refractivity contribution in [2.75, 3.05) is 40.6 Å². The van der Waals surface area contributed by atoms with Crippen LogP contribution in [0.3, 0.4) is 0 Å². The van der Waals surface area contributed by atoms with E-state index in [1.54, 1.807) is 0 Å². The fraction of sp³-hybridized carbons (Fsp3) is 0.600. The van der Waals surface area contributed by atoms with Crippen molar-refractivity contribution < 1.29 is 48.3 Å². The topological polar surface area (TPSA) is 151 Å². The van der Waals surface area contributed by atoms with Gasteiger partial charge in [0.15, 0.2) is 0 Å². The number of hydrogen-bond donors (Lipinski definition) is 0. The highest BCUT2D eigenvalue weighted by Gasteiger charge is 2.41. The molecule has 0 unspecified atom stereocenters. The Bertz CT molecular complexity index is 486. The first kappa shape index (κ1) is 22.5. The van der Waals surface area contributed by atoms with Crippen LogP contribution in [0.1, 0.15) is 12.8 Å². The molecule has 0 bridgehead atoms. The lowest BCUT2D eigenvalue weighted by Crippen LogP contribution is -2.50. The van der Waals surface area contributed by atoms with E-state index in [9.17, 15) is 29.4 Å². The van der Waals surface area contributed by atoms with Gasteiger partial charge in [0.05, 0.1) is 43.4 Å². The normalized spacial score (nSPS) is 10.8. The van der Waals surface area contributed by atoms with Gasteiger partial charge in [0.25, 0.3) is 0 Å². The van der Waals surface area contributed by atoms with E-state index in [1.807, 2.05) is 0 Å². The summed E-state index contributed by atoms with van der Waals surface area (Å²) in [5.41, 5.74) is -3.56. The molecule has 0 aliphatic carbocycles. The number of esters is 2. The van der Waals surface area contributed by atoms with E-state index in [1.165, 1.54) is 14.2 Å². The molecule has 0 aliphatic heterocycles. The molecule has 0 aromatic carbocycles. The third-order valence-electron chi connectivity index (χ3n) is 3.21. The van der Waals surface area contributed by atoms with Gasteiger partial charge in [0.1, 0.15) is 13.2 Å². The standard InChI is InChI=1S/C15H22O10/c1-10(13(18)19)15(14(20)21,8-11(16)24-6-4-22-2)9-12(17)25-7-5-23-3/h1,4-9H2,2-3H3,(H,18,19)(H,20,21)/p-2. The summed E-state index contributed by atoms with van der Waals surface area (Å²) >= 11 is 0. The summed E-state index contributed by atoms with van der Waals surface area (Å²) < 4.78 is 18.8. The SMILES string of the molecule is C=C(C(=O)[O-])C(CC(=O)OCCOC)(CC(=O)OCCOC)C(=O)[O-]. The van der Waals surface area contributed by atoms with Crippen molar-refractivity contribution in [2.45, 2.75) is 12.8 Å². The number of ether oxygens (including phenoxy) is 4. The van der Waals surface area contributed by atoms with E-state index >= 15 is 0 Å². The molecule has 10 heteroatoms. The van der Waals surface area contributed by atoms with E-state index in [4.69, 9.17) is 9.47 Å². The molecule has 10 nitrogen and oxygen atoms in total. The summed E-state index contributed by atoms with van der Waals surface area (Å²) in [5.74, 6) is -6.09.